The average molecular weight is 456 g/mol. The predicted molar refractivity (Wildman–Crippen MR) is 114 cm³/mol. The summed E-state index contributed by atoms with van der Waals surface area (Å²) in [6.07, 6.45) is 4.19. The minimum Gasteiger partial charge on any atom is -0.391 e. The third-order valence-electron chi connectivity index (χ3n) is 3.85. The van der Waals surface area contributed by atoms with Crippen LogP contribution in [0.3, 0.4) is 0 Å². The minimum absolute atomic E-state index is 0.188. The molecule has 0 aliphatic heterocycles. The Bertz CT molecular complexity index is 830. The molecule has 146 valence electrons. The molecule has 8 nitrogen and oxygen atoms in total. The molecular formula is C17H22BrN5O3S. The summed E-state index contributed by atoms with van der Waals surface area (Å²) in [5, 5.41) is 15.5. The molecule has 1 aromatic carbocycles. The fourth-order valence-electron chi connectivity index (χ4n) is 2.01. The molecule has 0 aliphatic carbocycles. The van der Waals surface area contributed by atoms with Crippen LogP contribution in [0.1, 0.15) is 24.2 Å². The maximum absolute atomic E-state index is 12.3. The fourth-order valence-corrected chi connectivity index (χ4v) is 3.09. The number of aliphatic hydroxyl groups is 1. The van der Waals surface area contributed by atoms with E-state index in [2.05, 4.69) is 41.1 Å². The van der Waals surface area contributed by atoms with E-state index in [-0.39, 0.29) is 11.2 Å². The predicted octanol–water partition coefficient (Wildman–Crippen LogP) is 4.05. The highest BCUT2D eigenvalue weighted by Crippen LogP contribution is 2.44. The first-order chi connectivity index (χ1) is 12.6. The number of halogens is 1. The summed E-state index contributed by atoms with van der Waals surface area (Å²) in [4.78, 5) is 31.7. The Kier molecular flexibility index (Phi) is 6.90. The lowest BCUT2D eigenvalue weighted by molar-refractivity contribution is 0.108. The molecule has 1 aromatic heterocycles. The molecular weight excluding hydrogens is 434 g/mol. The number of carbonyl (C=O) groups excluding carboxylic acids is 1. The molecule has 2 rings (SSSR count). The lowest BCUT2D eigenvalue weighted by Crippen LogP contribution is -2.28. The molecule has 0 radical (unpaired) electrons. The van der Waals surface area contributed by atoms with Crippen LogP contribution in [0.4, 0.5) is 17.5 Å². The van der Waals surface area contributed by atoms with Gasteiger partial charge in [0, 0.05) is 17.4 Å². The van der Waals surface area contributed by atoms with E-state index in [4.69, 9.17) is 0 Å². The molecule has 2 atom stereocenters. The van der Waals surface area contributed by atoms with Crippen molar-refractivity contribution in [3.05, 3.63) is 45.4 Å². The van der Waals surface area contributed by atoms with Gasteiger partial charge < -0.3 is 15.7 Å². The number of hydrogen-bond acceptors (Lipinski definition) is 8. The van der Waals surface area contributed by atoms with Crippen LogP contribution in [0.2, 0.25) is 0 Å². The van der Waals surface area contributed by atoms with Gasteiger partial charge in [-0.15, -0.1) is 4.91 Å². The van der Waals surface area contributed by atoms with E-state index in [9.17, 15) is 14.8 Å². The number of nitrogens with zero attached hydrogens (tertiary/aromatic N) is 3. The summed E-state index contributed by atoms with van der Waals surface area (Å²) in [6, 6.07) is 6.51. The Labute approximate surface area is 167 Å². The fraction of sp³-hybridized carbons (Fsp3) is 0.353. The van der Waals surface area contributed by atoms with E-state index in [1.165, 1.54) is 0 Å². The summed E-state index contributed by atoms with van der Waals surface area (Å²) >= 11 is 3.38. The summed E-state index contributed by atoms with van der Waals surface area (Å²) in [7, 11) is -2.20. The number of hydrogen-bond donors (Lipinski definition) is 3. The van der Waals surface area contributed by atoms with Crippen molar-refractivity contribution < 1.29 is 9.90 Å². The van der Waals surface area contributed by atoms with Gasteiger partial charge >= 0.3 is 0 Å². The van der Waals surface area contributed by atoms with Gasteiger partial charge in [-0.2, -0.15) is 4.98 Å². The number of aromatic nitrogens is 2. The van der Waals surface area contributed by atoms with Gasteiger partial charge in [0.15, 0.2) is 0 Å². The molecule has 10 heteroatoms. The van der Waals surface area contributed by atoms with Crippen LogP contribution in [0, 0.1) is 4.91 Å². The van der Waals surface area contributed by atoms with Gasteiger partial charge in [-0.05, 0) is 81.4 Å². The van der Waals surface area contributed by atoms with Crippen LogP contribution in [-0.2, 0) is 0 Å². The zero-order chi connectivity index (χ0) is 20.2. The number of nitroso groups, excluding NO2 is 1. The van der Waals surface area contributed by atoms with Crippen LogP contribution in [-0.4, -0.2) is 44.8 Å². The zero-order valence-electron chi connectivity index (χ0n) is 15.4. The molecule has 3 N–H and O–H groups in total. The van der Waals surface area contributed by atoms with Crippen molar-refractivity contribution in [1.29, 1.82) is 0 Å². The molecule has 0 aliphatic rings. The van der Waals surface area contributed by atoms with Gasteiger partial charge in [-0.3, -0.25) is 4.79 Å². The SMILES string of the molecule is C[C@@H](O)[C@@H](C)Nc1nc(Nc2ccc(C(=O)S(C)(C)N=O)cc2)ncc1Br. The van der Waals surface area contributed by atoms with Crippen molar-refractivity contribution in [2.45, 2.75) is 26.0 Å². The van der Waals surface area contributed by atoms with Gasteiger partial charge in [-0.25, -0.2) is 4.98 Å². The first-order valence-corrected chi connectivity index (χ1v) is 11.3. The third-order valence-corrected chi connectivity index (χ3v) is 5.94. The van der Waals surface area contributed by atoms with Crippen molar-refractivity contribution in [1.82, 2.24) is 9.97 Å². The van der Waals surface area contributed by atoms with Crippen LogP contribution in [0.15, 0.2) is 39.5 Å². The molecule has 0 amide bonds. The van der Waals surface area contributed by atoms with Gasteiger partial charge in [0.2, 0.25) is 11.1 Å². The average Bonchev–Trinajstić information content (AvgIpc) is 2.64. The number of carbonyl (C=O) groups is 1. The van der Waals surface area contributed by atoms with Crippen molar-refractivity contribution in [2.75, 3.05) is 23.1 Å². The first-order valence-electron chi connectivity index (χ1n) is 8.10. The van der Waals surface area contributed by atoms with Crippen LogP contribution >= 0.6 is 26.1 Å². The van der Waals surface area contributed by atoms with Crippen molar-refractivity contribution in [2.24, 2.45) is 4.58 Å². The first kappa shape index (κ1) is 21.3. The molecule has 0 bridgehead atoms. The van der Waals surface area contributed by atoms with Gasteiger partial charge in [-0.1, -0.05) is 0 Å². The van der Waals surface area contributed by atoms with Crippen LogP contribution < -0.4 is 10.6 Å². The summed E-state index contributed by atoms with van der Waals surface area (Å²) in [6.45, 7) is 3.54. The van der Waals surface area contributed by atoms with Gasteiger partial charge in [0.05, 0.1) is 16.6 Å². The molecule has 0 unspecified atom stereocenters. The Balaban J connectivity index is 2.15. The Morgan fingerprint density at radius 3 is 2.44 bits per heavy atom. The van der Waals surface area contributed by atoms with E-state index < -0.39 is 16.3 Å². The Morgan fingerprint density at radius 1 is 1.26 bits per heavy atom. The largest absolute Gasteiger partial charge is 0.391 e. The third kappa shape index (κ3) is 5.47. The summed E-state index contributed by atoms with van der Waals surface area (Å²) in [5.41, 5.74) is 1.13. The van der Waals surface area contributed by atoms with Crippen molar-refractivity contribution in [3.8, 4) is 0 Å². The summed E-state index contributed by atoms with van der Waals surface area (Å²) < 4.78 is 3.63. The van der Waals surface area contributed by atoms with Crippen molar-refractivity contribution >= 4 is 48.7 Å². The quantitative estimate of drug-likeness (QED) is 0.538. The van der Waals surface area contributed by atoms with Crippen LogP contribution in [0.5, 0.6) is 0 Å². The molecule has 0 saturated heterocycles. The molecule has 0 spiro atoms. The van der Waals surface area contributed by atoms with Gasteiger partial charge in [0.1, 0.15) is 5.82 Å². The van der Waals surface area contributed by atoms with Crippen LogP contribution in [0.25, 0.3) is 0 Å². The monoisotopic (exact) mass is 455 g/mol. The minimum atomic E-state index is -2.20. The highest BCUT2D eigenvalue weighted by atomic mass is 79.9. The normalized spacial score (nSPS) is 14.1. The number of aliphatic hydroxyl groups excluding tert-OH is 1. The van der Waals surface area contributed by atoms with Crippen molar-refractivity contribution in [3.63, 3.8) is 0 Å². The Hall–Kier alpha value is -2.04. The van der Waals surface area contributed by atoms with E-state index in [0.29, 0.717) is 27.5 Å². The van der Waals surface area contributed by atoms with Gasteiger partial charge in [0.25, 0.3) is 0 Å². The number of nitrogens with one attached hydrogen (secondary N) is 2. The van der Waals surface area contributed by atoms with E-state index in [1.54, 1.807) is 49.9 Å². The number of benzene rings is 1. The summed E-state index contributed by atoms with van der Waals surface area (Å²) in [5.74, 6) is 0.910. The maximum Gasteiger partial charge on any atom is 0.229 e. The molecule has 27 heavy (non-hydrogen) atoms. The number of rotatable bonds is 7. The highest BCUT2D eigenvalue weighted by molar-refractivity contribution is 9.10. The second kappa shape index (κ2) is 8.77. The smallest absolute Gasteiger partial charge is 0.229 e. The standard InChI is InChI=1S/C17H22BrN5O3S/c1-10(11(2)24)20-15-14(18)9-19-17(22-15)21-13-7-5-12(6-8-13)16(25)27(3,4)23-26/h5-11,24H,1-4H3,(H2,19,20,21,22)/t10-,11-/m1/s1. The second-order valence-electron chi connectivity index (χ2n) is 6.40. The number of anilines is 3. The second-order valence-corrected chi connectivity index (χ2v) is 10.3. The van der Waals surface area contributed by atoms with E-state index >= 15 is 0 Å². The zero-order valence-corrected chi connectivity index (χ0v) is 17.8. The molecule has 0 fully saturated rings. The highest BCUT2D eigenvalue weighted by Gasteiger charge is 2.24. The lowest BCUT2D eigenvalue weighted by Gasteiger charge is -2.19. The topological polar surface area (TPSA) is 117 Å². The maximum atomic E-state index is 12.3. The molecule has 0 saturated carbocycles. The van der Waals surface area contributed by atoms with E-state index in [0.717, 1.165) is 0 Å². The molecule has 1 heterocycles. The molecule has 2 aromatic rings. The lowest BCUT2D eigenvalue weighted by atomic mass is 10.2. The van der Waals surface area contributed by atoms with E-state index in [1.807, 2.05) is 6.92 Å². The Morgan fingerprint density at radius 2 is 1.89 bits per heavy atom.